The first kappa shape index (κ1) is 8.22. The van der Waals surface area contributed by atoms with E-state index in [1.165, 1.54) is 0 Å². The van der Waals surface area contributed by atoms with Crippen molar-refractivity contribution in [1.82, 2.24) is 0 Å². The fraction of sp³-hybridized carbons (Fsp3) is 1.00. The molecule has 0 aliphatic heterocycles. The molecule has 0 aliphatic rings. The molecule has 2 heteroatoms. The zero-order valence-corrected chi connectivity index (χ0v) is 5.92. The highest BCUT2D eigenvalue weighted by molar-refractivity contribution is 6.17. The van der Waals surface area contributed by atoms with Crippen molar-refractivity contribution in [1.29, 1.82) is 0 Å². The van der Waals surface area contributed by atoms with Gasteiger partial charge in [0.05, 0.1) is 0 Å². The van der Waals surface area contributed by atoms with Crippen LogP contribution in [0.1, 0.15) is 26.2 Å². The highest BCUT2D eigenvalue weighted by Gasteiger charge is 2.01. The van der Waals surface area contributed by atoms with Gasteiger partial charge in [0.2, 0.25) is 0 Å². The zero-order chi connectivity index (χ0) is 6.41. The Bertz CT molecular complexity index is 41.8. The van der Waals surface area contributed by atoms with Crippen LogP contribution in [0.25, 0.3) is 0 Å². The molecule has 0 rings (SSSR count). The van der Waals surface area contributed by atoms with E-state index in [0.29, 0.717) is 18.7 Å². The highest BCUT2D eigenvalue weighted by Crippen LogP contribution is 2.06. The van der Waals surface area contributed by atoms with Crippen LogP contribution in [0.5, 0.6) is 0 Å². The maximum Gasteiger partial charge on any atom is 0.101 e. The maximum absolute atomic E-state index is 12.3. The van der Waals surface area contributed by atoms with Gasteiger partial charge in [-0.15, -0.1) is 11.6 Å². The van der Waals surface area contributed by atoms with Crippen molar-refractivity contribution in [2.45, 2.75) is 32.4 Å². The Labute approximate surface area is 55.0 Å². The lowest BCUT2D eigenvalue weighted by molar-refractivity contribution is 0.305. The smallest absolute Gasteiger partial charge is 0.101 e. The van der Waals surface area contributed by atoms with Crippen molar-refractivity contribution >= 4 is 11.6 Å². The van der Waals surface area contributed by atoms with Crippen LogP contribution in [-0.4, -0.2) is 12.1 Å². The molecule has 0 aromatic carbocycles. The third kappa shape index (κ3) is 4.38. The summed E-state index contributed by atoms with van der Waals surface area (Å²) in [6, 6.07) is 0. The standard InChI is InChI=1S/C6H12ClF/c1-2-3-6(8)4-5-7/h6H,2-5H2,1H3. The van der Waals surface area contributed by atoms with Gasteiger partial charge in [0.1, 0.15) is 6.17 Å². The summed E-state index contributed by atoms with van der Waals surface area (Å²) in [4.78, 5) is 0. The Morgan fingerprint density at radius 2 is 2.12 bits per heavy atom. The second-order valence-corrected chi connectivity index (χ2v) is 2.24. The van der Waals surface area contributed by atoms with E-state index in [1.807, 2.05) is 6.92 Å². The fourth-order valence-electron chi connectivity index (χ4n) is 0.576. The number of rotatable bonds is 4. The van der Waals surface area contributed by atoms with E-state index in [2.05, 4.69) is 0 Å². The molecule has 0 heterocycles. The third-order valence-electron chi connectivity index (χ3n) is 1.02. The fourth-order valence-corrected chi connectivity index (χ4v) is 0.813. The number of hydrogen-bond donors (Lipinski definition) is 0. The molecule has 0 aromatic heterocycles. The summed E-state index contributed by atoms with van der Waals surface area (Å²) in [6.45, 7) is 1.97. The molecule has 0 saturated carbocycles. The molecule has 0 spiro atoms. The van der Waals surface area contributed by atoms with Gasteiger partial charge in [-0.05, 0) is 12.8 Å². The monoisotopic (exact) mass is 138 g/mol. The van der Waals surface area contributed by atoms with Crippen LogP contribution in [0, 0.1) is 0 Å². The van der Waals surface area contributed by atoms with Crippen molar-refractivity contribution in [3.8, 4) is 0 Å². The minimum atomic E-state index is -0.669. The lowest BCUT2D eigenvalue weighted by atomic mass is 10.2. The summed E-state index contributed by atoms with van der Waals surface area (Å²) >= 11 is 5.29. The van der Waals surface area contributed by atoms with E-state index >= 15 is 0 Å². The predicted molar refractivity (Wildman–Crippen MR) is 35.1 cm³/mol. The van der Waals surface area contributed by atoms with Gasteiger partial charge in [0, 0.05) is 5.88 Å². The Hall–Kier alpha value is 0.220. The van der Waals surface area contributed by atoms with Gasteiger partial charge in [0.15, 0.2) is 0 Å². The minimum Gasteiger partial charge on any atom is -0.247 e. The SMILES string of the molecule is CCCC(F)CCCl. The molecular formula is C6H12ClF. The summed E-state index contributed by atoms with van der Waals surface area (Å²) in [5.74, 6) is 0.446. The van der Waals surface area contributed by atoms with Gasteiger partial charge < -0.3 is 0 Å². The van der Waals surface area contributed by atoms with E-state index in [1.54, 1.807) is 0 Å². The molecule has 0 aromatic rings. The van der Waals surface area contributed by atoms with E-state index in [0.717, 1.165) is 6.42 Å². The highest BCUT2D eigenvalue weighted by atomic mass is 35.5. The van der Waals surface area contributed by atoms with E-state index in [9.17, 15) is 4.39 Å². The molecule has 0 fully saturated rings. The van der Waals surface area contributed by atoms with Crippen molar-refractivity contribution in [2.75, 3.05) is 5.88 Å². The van der Waals surface area contributed by atoms with Crippen LogP contribution in [0.4, 0.5) is 4.39 Å². The van der Waals surface area contributed by atoms with Gasteiger partial charge in [0.25, 0.3) is 0 Å². The quantitative estimate of drug-likeness (QED) is 0.524. The average Bonchev–Trinajstić information content (AvgIpc) is 1.68. The third-order valence-corrected chi connectivity index (χ3v) is 1.24. The Morgan fingerprint density at radius 3 is 2.50 bits per heavy atom. The summed E-state index contributed by atoms with van der Waals surface area (Å²) in [5, 5.41) is 0. The number of halogens is 2. The van der Waals surface area contributed by atoms with Crippen molar-refractivity contribution in [3.05, 3.63) is 0 Å². The molecule has 0 radical (unpaired) electrons. The van der Waals surface area contributed by atoms with Crippen molar-refractivity contribution < 1.29 is 4.39 Å². The van der Waals surface area contributed by atoms with Crippen molar-refractivity contribution in [2.24, 2.45) is 0 Å². The first-order valence-corrected chi connectivity index (χ1v) is 3.54. The molecule has 0 bridgehead atoms. The molecule has 50 valence electrons. The van der Waals surface area contributed by atoms with Gasteiger partial charge in [-0.1, -0.05) is 13.3 Å². The van der Waals surface area contributed by atoms with E-state index < -0.39 is 6.17 Å². The Kier molecular flexibility index (Phi) is 5.51. The summed E-state index contributed by atoms with van der Waals surface area (Å²) in [5.41, 5.74) is 0. The Balaban J connectivity index is 2.92. The van der Waals surface area contributed by atoms with Crippen LogP contribution >= 0.6 is 11.6 Å². The summed E-state index contributed by atoms with van der Waals surface area (Å²) in [7, 11) is 0. The largest absolute Gasteiger partial charge is 0.247 e. The van der Waals surface area contributed by atoms with Crippen LogP contribution < -0.4 is 0 Å². The molecule has 0 saturated heterocycles. The second-order valence-electron chi connectivity index (χ2n) is 1.86. The van der Waals surface area contributed by atoms with Gasteiger partial charge in [-0.25, -0.2) is 4.39 Å². The maximum atomic E-state index is 12.3. The number of alkyl halides is 2. The van der Waals surface area contributed by atoms with Crippen LogP contribution in [-0.2, 0) is 0 Å². The lowest BCUT2D eigenvalue weighted by Crippen LogP contribution is -1.98. The van der Waals surface area contributed by atoms with Gasteiger partial charge in [-0.3, -0.25) is 0 Å². The first-order valence-electron chi connectivity index (χ1n) is 3.01. The predicted octanol–water partition coefficient (Wildman–Crippen LogP) is 2.75. The lowest BCUT2D eigenvalue weighted by Gasteiger charge is -2.00. The van der Waals surface area contributed by atoms with Gasteiger partial charge >= 0.3 is 0 Å². The summed E-state index contributed by atoms with van der Waals surface area (Å²) in [6.07, 6.45) is 1.41. The van der Waals surface area contributed by atoms with E-state index in [4.69, 9.17) is 11.6 Å². The molecule has 8 heavy (non-hydrogen) atoms. The van der Waals surface area contributed by atoms with Gasteiger partial charge in [-0.2, -0.15) is 0 Å². The second kappa shape index (κ2) is 5.36. The van der Waals surface area contributed by atoms with Crippen molar-refractivity contribution in [3.63, 3.8) is 0 Å². The average molecular weight is 139 g/mol. The van der Waals surface area contributed by atoms with Crippen LogP contribution in [0.15, 0.2) is 0 Å². The molecular weight excluding hydrogens is 127 g/mol. The molecule has 0 N–H and O–H groups in total. The van der Waals surface area contributed by atoms with E-state index in [-0.39, 0.29) is 0 Å². The minimum absolute atomic E-state index is 0.446. The zero-order valence-electron chi connectivity index (χ0n) is 5.16. The summed E-state index contributed by atoms with van der Waals surface area (Å²) < 4.78 is 12.3. The van der Waals surface area contributed by atoms with Crippen LogP contribution in [0.2, 0.25) is 0 Å². The normalized spacial score (nSPS) is 13.9. The topological polar surface area (TPSA) is 0 Å². The first-order chi connectivity index (χ1) is 3.81. The molecule has 1 atom stereocenters. The number of hydrogen-bond acceptors (Lipinski definition) is 0. The molecule has 0 amide bonds. The molecule has 0 nitrogen and oxygen atoms in total. The molecule has 1 unspecified atom stereocenters. The van der Waals surface area contributed by atoms with Crippen LogP contribution in [0.3, 0.4) is 0 Å². The Morgan fingerprint density at radius 1 is 1.50 bits per heavy atom. The molecule has 0 aliphatic carbocycles.